The summed E-state index contributed by atoms with van der Waals surface area (Å²) >= 11 is 0. The molecule has 156 valence electrons. The van der Waals surface area contributed by atoms with E-state index in [2.05, 4.69) is 34.1 Å². The van der Waals surface area contributed by atoms with Gasteiger partial charge in [0.1, 0.15) is 0 Å². The van der Waals surface area contributed by atoms with Gasteiger partial charge >= 0.3 is 0 Å². The molecular weight excluding hydrogens is 374 g/mol. The van der Waals surface area contributed by atoms with E-state index < -0.39 is 0 Å². The lowest BCUT2D eigenvalue weighted by Gasteiger charge is -2.36. The minimum atomic E-state index is -0.282. The predicted molar refractivity (Wildman–Crippen MR) is 119 cm³/mol. The van der Waals surface area contributed by atoms with Crippen LogP contribution in [0.15, 0.2) is 66.7 Å². The van der Waals surface area contributed by atoms with Crippen LogP contribution >= 0.6 is 0 Å². The van der Waals surface area contributed by atoms with E-state index in [1.54, 1.807) is 0 Å². The Labute approximate surface area is 178 Å². The van der Waals surface area contributed by atoms with Gasteiger partial charge in [0, 0.05) is 39.3 Å². The third-order valence-electron chi connectivity index (χ3n) is 6.01. The van der Waals surface area contributed by atoms with Gasteiger partial charge in [-0.1, -0.05) is 72.8 Å². The molecule has 0 radical (unpaired) electrons. The van der Waals surface area contributed by atoms with Gasteiger partial charge in [-0.25, -0.2) is 0 Å². The lowest BCUT2D eigenvalue weighted by molar-refractivity contribution is -0.139. The van der Waals surface area contributed by atoms with Crippen LogP contribution in [0.25, 0.3) is 6.08 Å². The van der Waals surface area contributed by atoms with Crippen LogP contribution in [0.4, 0.5) is 0 Å². The number of hydrogen-bond acceptors (Lipinski definition) is 4. The number of hydrogen-bond donors (Lipinski definition) is 0. The van der Waals surface area contributed by atoms with Gasteiger partial charge in [-0.3, -0.25) is 24.3 Å². The summed E-state index contributed by atoms with van der Waals surface area (Å²) in [6.07, 6.45) is 5.38. The van der Waals surface area contributed by atoms with Crippen molar-refractivity contribution in [1.82, 2.24) is 14.7 Å². The van der Waals surface area contributed by atoms with Crippen LogP contribution in [0.1, 0.15) is 17.5 Å². The number of piperazine rings is 1. The molecule has 2 heterocycles. The molecule has 0 bridgehead atoms. The van der Waals surface area contributed by atoms with Crippen LogP contribution in [-0.4, -0.2) is 71.8 Å². The SMILES string of the molecule is O=C1C[C@H](N2CCN(C/C=C/c3ccccc3)CC2)C(=O)N1CCc1ccccc1. The van der Waals surface area contributed by atoms with Gasteiger partial charge in [0.05, 0.1) is 12.5 Å². The molecule has 0 unspecified atom stereocenters. The zero-order valence-corrected chi connectivity index (χ0v) is 17.3. The highest BCUT2D eigenvalue weighted by Gasteiger charge is 2.42. The van der Waals surface area contributed by atoms with E-state index in [0.717, 1.165) is 38.3 Å². The first-order chi connectivity index (χ1) is 14.7. The molecule has 5 heteroatoms. The van der Waals surface area contributed by atoms with Crippen LogP contribution < -0.4 is 0 Å². The van der Waals surface area contributed by atoms with Crippen molar-refractivity contribution >= 4 is 17.9 Å². The fraction of sp³-hybridized carbons (Fsp3) is 0.360. The molecule has 2 aromatic rings. The van der Waals surface area contributed by atoms with Gasteiger partial charge in [0.25, 0.3) is 0 Å². The van der Waals surface area contributed by atoms with E-state index >= 15 is 0 Å². The number of nitrogens with zero attached hydrogens (tertiary/aromatic N) is 3. The van der Waals surface area contributed by atoms with Crippen molar-refractivity contribution in [3.05, 3.63) is 77.9 Å². The number of amides is 2. The molecule has 1 atom stereocenters. The molecule has 0 aromatic heterocycles. The molecule has 0 saturated carbocycles. The normalized spacial score (nSPS) is 21.1. The van der Waals surface area contributed by atoms with Crippen LogP contribution in [0.2, 0.25) is 0 Å². The summed E-state index contributed by atoms with van der Waals surface area (Å²) in [7, 11) is 0. The molecule has 0 spiro atoms. The smallest absolute Gasteiger partial charge is 0.247 e. The van der Waals surface area contributed by atoms with Crippen molar-refractivity contribution in [1.29, 1.82) is 0 Å². The number of benzene rings is 2. The second-order valence-electron chi connectivity index (χ2n) is 7.99. The summed E-state index contributed by atoms with van der Waals surface area (Å²) < 4.78 is 0. The Kier molecular flexibility index (Phi) is 6.72. The predicted octanol–water partition coefficient (Wildman–Crippen LogP) is 2.69. The Balaban J connectivity index is 1.25. The molecule has 4 rings (SSSR count). The Hall–Kier alpha value is -2.76. The summed E-state index contributed by atoms with van der Waals surface area (Å²) in [4.78, 5) is 31.4. The lowest BCUT2D eigenvalue weighted by Crippen LogP contribution is -2.52. The average Bonchev–Trinajstić information content (AvgIpc) is 3.07. The molecule has 2 saturated heterocycles. The van der Waals surface area contributed by atoms with E-state index in [1.165, 1.54) is 10.5 Å². The van der Waals surface area contributed by atoms with Gasteiger partial charge in [-0.05, 0) is 17.5 Å². The maximum absolute atomic E-state index is 12.9. The Morgan fingerprint density at radius 2 is 1.53 bits per heavy atom. The number of imide groups is 1. The number of rotatable bonds is 7. The third kappa shape index (κ3) is 5.04. The quantitative estimate of drug-likeness (QED) is 0.667. The Morgan fingerprint density at radius 1 is 0.867 bits per heavy atom. The largest absolute Gasteiger partial charge is 0.297 e. The van der Waals surface area contributed by atoms with Crippen LogP contribution in [0, 0.1) is 0 Å². The van der Waals surface area contributed by atoms with Crippen molar-refractivity contribution in [3.63, 3.8) is 0 Å². The standard InChI is InChI=1S/C25H29N3O2/c29-24-20-23(25(30)28(24)15-13-22-10-5-2-6-11-22)27-18-16-26(17-19-27)14-7-12-21-8-3-1-4-9-21/h1-12,23H,13-20H2/b12-7+/t23-/m0/s1. The average molecular weight is 404 g/mol. The molecule has 2 aromatic carbocycles. The fourth-order valence-electron chi connectivity index (χ4n) is 4.23. The summed E-state index contributed by atoms with van der Waals surface area (Å²) in [5.41, 5.74) is 2.36. The highest BCUT2D eigenvalue weighted by molar-refractivity contribution is 6.05. The van der Waals surface area contributed by atoms with Crippen molar-refractivity contribution in [2.45, 2.75) is 18.9 Å². The van der Waals surface area contributed by atoms with E-state index in [0.29, 0.717) is 19.4 Å². The van der Waals surface area contributed by atoms with E-state index in [4.69, 9.17) is 0 Å². The number of carbonyl (C=O) groups excluding carboxylic acids is 2. The highest BCUT2D eigenvalue weighted by atomic mass is 16.2. The molecule has 0 aliphatic carbocycles. The first-order valence-corrected chi connectivity index (χ1v) is 10.8. The first-order valence-electron chi connectivity index (χ1n) is 10.8. The van der Waals surface area contributed by atoms with Crippen molar-refractivity contribution < 1.29 is 9.59 Å². The van der Waals surface area contributed by atoms with E-state index in [9.17, 15) is 9.59 Å². The van der Waals surface area contributed by atoms with Crippen LogP contribution in [0.5, 0.6) is 0 Å². The highest BCUT2D eigenvalue weighted by Crippen LogP contribution is 2.21. The molecule has 0 N–H and O–H groups in total. The number of likely N-dealkylation sites (tertiary alicyclic amines) is 1. The van der Waals surface area contributed by atoms with Gasteiger partial charge < -0.3 is 0 Å². The second kappa shape index (κ2) is 9.83. The van der Waals surface area contributed by atoms with Crippen molar-refractivity contribution in [3.8, 4) is 0 Å². The molecule has 2 amide bonds. The third-order valence-corrected chi connectivity index (χ3v) is 6.01. The molecular formula is C25H29N3O2. The van der Waals surface area contributed by atoms with E-state index in [1.807, 2.05) is 48.5 Å². The summed E-state index contributed by atoms with van der Waals surface area (Å²) in [5, 5.41) is 0. The second-order valence-corrected chi connectivity index (χ2v) is 7.99. The molecule has 2 aliphatic rings. The fourth-order valence-corrected chi connectivity index (χ4v) is 4.23. The topological polar surface area (TPSA) is 43.9 Å². The zero-order valence-electron chi connectivity index (χ0n) is 17.3. The monoisotopic (exact) mass is 403 g/mol. The van der Waals surface area contributed by atoms with Crippen LogP contribution in [-0.2, 0) is 16.0 Å². The minimum Gasteiger partial charge on any atom is -0.297 e. The maximum Gasteiger partial charge on any atom is 0.247 e. The Morgan fingerprint density at radius 3 is 2.23 bits per heavy atom. The summed E-state index contributed by atoms with van der Waals surface area (Å²) in [6, 6.07) is 20.0. The molecule has 5 nitrogen and oxygen atoms in total. The van der Waals surface area contributed by atoms with Crippen molar-refractivity contribution in [2.75, 3.05) is 39.3 Å². The maximum atomic E-state index is 12.9. The molecule has 2 aliphatic heterocycles. The zero-order chi connectivity index (χ0) is 20.8. The number of carbonyl (C=O) groups is 2. The Bertz CT molecular complexity index is 874. The van der Waals surface area contributed by atoms with Crippen molar-refractivity contribution in [2.24, 2.45) is 0 Å². The minimum absolute atomic E-state index is 0.0200. The van der Waals surface area contributed by atoms with E-state index in [-0.39, 0.29) is 17.9 Å². The van der Waals surface area contributed by atoms with Gasteiger partial charge in [-0.2, -0.15) is 0 Å². The van der Waals surface area contributed by atoms with Gasteiger partial charge in [0.15, 0.2) is 0 Å². The van der Waals surface area contributed by atoms with Crippen LogP contribution in [0.3, 0.4) is 0 Å². The first kappa shape index (κ1) is 20.5. The molecule has 30 heavy (non-hydrogen) atoms. The summed E-state index contributed by atoms with van der Waals surface area (Å²) in [5.74, 6) is -0.0532. The van der Waals surface area contributed by atoms with Gasteiger partial charge in [-0.15, -0.1) is 0 Å². The molecule has 2 fully saturated rings. The summed E-state index contributed by atoms with van der Waals surface area (Å²) in [6.45, 7) is 4.87. The lowest BCUT2D eigenvalue weighted by atomic mass is 10.1. The van der Waals surface area contributed by atoms with Gasteiger partial charge in [0.2, 0.25) is 11.8 Å².